The van der Waals surface area contributed by atoms with Crippen molar-refractivity contribution in [2.75, 3.05) is 6.61 Å². The maximum Gasteiger partial charge on any atom is 0.328 e. The van der Waals surface area contributed by atoms with Crippen molar-refractivity contribution in [1.29, 1.82) is 0 Å². The maximum absolute atomic E-state index is 13.3. The number of halogens is 1. The normalized spacial score (nSPS) is 41.1. The van der Waals surface area contributed by atoms with Crippen molar-refractivity contribution in [3.63, 3.8) is 0 Å². The summed E-state index contributed by atoms with van der Waals surface area (Å²) >= 11 is 0. The molecule has 0 aliphatic carbocycles. The van der Waals surface area contributed by atoms with Gasteiger partial charge in [-0.25, -0.2) is 9.18 Å². The molecule has 2 fully saturated rings. The molecule has 2 heterocycles. The summed E-state index contributed by atoms with van der Waals surface area (Å²) in [6.45, 7) is -0.471. The topological polar surface area (TPSA) is 119 Å². The van der Waals surface area contributed by atoms with Gasteiger partial charge >= 0.3 is 6.03 Å². The van der Waals surface area contributed by atoms with Crippen molar-refractivity contribution in [2.45, 2.75) is 37.3 Å². The Balaban J connectivity index is 2.13. The third-order valence-electron chi connectivity index (χ3n) is 2.96. The van der Waals surface area contributed by atoms with Gasteiger partial charge in [-0.2, -0.15) is 0 Å². The number of alkyl halides is 1. The van der Waals surface area contributed by atoms with Crippen LogP contribution in [0, 0.1) is 0 Å². The molecular formula is C9H13FN2O6. The molecule has 18 heavy (non-hydrogen) atoms. The predicted molar refractivity (Wildman–Crippen MR) is 52.7 cm³/mol. The molecule has 3 amide bonds. The van der Waals surface area contributed by atoms with E-state index in [0.29, 0.717) is 4.90 Å². The largest absolute Gasteiger partial charge is 0.394 e. The average Bonchev–Trinajstić information content (AvgIpc) is 2.67. The monoisotopic (exact) mass is 264 g/mol. The number of aliphatic hydroxyl groups is 3. The van der Waals surface area contributed by atoms with E-state index < -0.39 is 49.4 Å². The first-order valence-electron chi connectivity index (χ1n) is 5.35. The summed E-state index contributed by atoms with van der Waals surface area (Å²) in [5.41, 5.74) is 0. The van der Waals surface area contributed by atoms with Crippen LogP contribution < -0.4 is 5.32 Å². The number of hydrogen-bond acceptors (Lipinski definition) is 6. The zero-order chi connectivity index (χ0) is 13.4. The first-order valence-corrected chi connectivity index (χ1v) is 5.35. The number of urea groups is 1. The lowest BCUT2D eigenvalue weighted by molar-refractivity contribution is -0.157. The van der Waals surface area contributed by atoms with Gasteiger partial charge in [0.15, 0.2) is 6.23 Å². The van der Waals surface area contributed by atoms with Crippen molar-refractivity contribution in [1.82, 2.24) is 10.2 Å². The van der Waals surface area contributed by atoms with Crippen LogP contribution in [0.15, 0.2) is 0 Å². The first-order chi connectivity index (χ1) is 8.45. The van der Waals surface area contributed by atoms with Gasteiger partial charge in [0.2, 0.25) is 6.17 Å². The third kappa shape index (κ3) is 2.05. The van der Waals surface area contributed by atoms with Crippen molar-refractivity contribution in [3.8, 4) is 0 Å². The van der Waals surface area contributed by atoms with Crippen LogP contribution >= 0.6 is 0 Å². The van der Waals surface area contributed by atoms with E-state index in [1.165, 1.54) is 0 Å². The zero-order valence-corrected chi connectivity index (χ0v) is 9.19. The van der Waals surface area contributed by atoms with E-state index >= 15 is 0 Å². The van der Waals surface area contributed by atoms with Crippen molar-refractivity contribution < 1.29 is 34.0 Å². The van der Waals surface area contributed by atoms with Crippen LogP contribution in [0.2, 0.25) is 0 Å². The summed E-state index contributed by atoms with van der Waals surface area (Å²) in [5.74, 6) is -1.22. The molecule has 2 rings (SSSR count). The molecule has 2 aliphatic rings. The molecule has 8 nitrogen and oxygen atoms in total. The molecule has 9 heteroatoms. The van der Waals surface area contributed by atoms with Crippen LogP contribution in [-0.2, 0) is 9.53 Å². The average molecular weight is 264 g/mol. The minimum Gasteiger partial charge on any atom is -0.394 e. The number of carbonyl (C=O) groups excluding carboxylic acids is 2. The predicted octanol–water partition coefficient (Wildman–Crippen LogP) is -2.34. The molecular weight excluding hydrogens is 251 g/mol. The number of aliphatic hydroxyl groups excluding tert-OH is 3. The van der Waals surface area contributed by atoms with Crippen LogP contribution in [0.5, 0.6) is 0 Å². The van der Waals surface area contributed by atoms with Crippen molar-refractivity contribution in [3.05, 3.63) is 0 Å². The van der Waals surface area contributed by atoms with Crippen LogP contribution in [0.3, 0.4) is 0 Å². The van der Waals surface area contributed by atoms with Gasteiger partial charge in [-0.3, -0.25) is 15.0 Å². The molecule has 0 spiro atoms. The minimum atomic E-state index is -2.28. The molecule has 0 aromatic rings. The van der Waals surface area contributed by atoms with Crippen LogP contribution in [0.1, 0.15) is 6.42 Å². The first kappa shape index (κ1) is 13.1. The second-order valence-corrected chi connectivity index (χ2v) is 4.13. The molecule has 4 N–H and O–H groups in total. The fourth-order valence-corrected chi connectivity index (χ4v) is 1.99. The second-order valence-electron chi connectivity index (χ2n) is 4.13. The van der Waals surface area contributed by atoms with E-state index in [9.17, 15) is 24.2 Å². The Morgan fingerprint density at radius 3 is 2.67 bits per heavy atom. The van der Waals surface area contributed by atoms with E-state index in [1.54, 1.807) is 5.32 Å². The van der Waals surface area contributed by atoms with Crippen molar-refractivity contribution >= 4 is 11.9 Å². The highest BCUT2D eigenvalue weighted by Crippen LogP contribution is 2.27. The minimum absolute atomic E-state index is 0.0867. The zero-order valence-electron chi connectivity index (χ0n) is 9.19. The van der Waals surface area contributed by atoms with Gasteiger partial charge in [-0.15, -0.1) is 0 Å². The molecule has 0 radical (unpaired) electrons. The molecule has 2 aliphatic heterocycles. The van der Waals surface area contributed by atoms with Gasteiger partial charge in [-0.05, 0) is 0 Å². The summed E-state index contributed by atoms with van der Waals surface area (Å²) in [6.07, 6.45) is -7.38. The lowest BCUT2D eigenvalue weighted by atomic mass is 10.1. The molecule has 0 aromatic carbocycles. The Morgan fingerprint density at radius 2 is 2.11 bits per heavy atom. The fraction of sp³-hybridized carbons (Fsp3) is 0.778. The van der Waals surface area contributed by atoms with E-state index in [2.05, 4.69) is 0 Å². The molecule has 2 unspecified atom stereocenters. The summed E-state index contributed by atoms with van der Waals surface area (Å²) in [5, 5.41) is 29.6. The Labute approximate surface area is 101 Å². The van der Waals surface area contributed by atoms with E-state index in [1.807, 2.05) is 0 Å². The lowest BCUT2D eigenvalue weighted by Gasteiger charge is -2.36. The number of rotatable bonds is 2. The Kier molecular flexibility index (Phi) is 3.48. The van der Waals surface area contributed by atoms with Gasteiger partial charge in [0.05, 0.1) is 12.7 Å². The van der Waals surface area contributed by atoms with Gasteiger partial charge in [0, 0.05) is 6.42 Å². The molecule has 5 atom stereocenters. The number of amides is 3. The SMILES string of the molecule is O=C1NC(=O)N([C@H]2C[C@H](O)[C@@H](CO)O2)C(O)C1F. The number of ether oxygens (including phenoxy) is 1. The highest BCUT2D eigenvalue weighted by molar-refractivity contribution is 5.99. The smallest absolute Gasteiger partial charge is 0.328 e. The highest BCUT2D eigenvalue weighted by Gasteiger charge is 2.48. The molecule has 0 bridgehead atoms. The number of nitrogens with one attached hydrogen (secondary N) is 1. The standard InChI is InChI=1S/C9H13FN2O6/c10-6-7(15)11-9(17)12(8(6)16)5-1-3(14)4(2-13)18-5/h3-6,8,13-14,16H,1-2H2,(H,11,15,17)/t3-,4+,5+,6?,8?/m0/s1. The third-order valence-corrected chi connectivity index (χ3v) is 2.96. The second kappa shape index (κ2) is 4.76. The van der Waals surface area contributed by atoms with Gasteiger partial charge in [0.1, 0.15) is 12.3 Å². The summed E-state index contributed by atoms with van der Waals surface area (Å²) in [7, 11) is 0. The van der Waals surface area contributed by atoms with Crippen molar-refractivity contribution in [2.24, 2.45) is 0 Å². The van der Waals surface area contributed by atoms with Crippen LogP contribution in [0.25, 0.3) is 0 Å². The molecule has 0 aromatic heterocycles. The Bertz CT molecular complexity index is 367. The summed E-state index contributed by atoms with van der Waals surface area (Å²) < 4.78 is 18.4. The molecule has 0 saturated carbocycles. The maximum atomic E-state index is 13.3. The Morgan fingerprint density at radius 1 is 1.44 bits per heavy atom. The van der Waals surface area contributed by atoms with Gasteiger partial charge in [0.25, 0.3) is 5.91 Å². The fourth-order valence-electron chi connectivity index (χ4n) is 1.99. The van der Waals surface area contributed by atoms with Gasteiger partial charge < -0.3 is 20.1 Å². The number of imide groups is 1. The molecule has 2 saturated heterocycles. The van der Waals surface area contributed by atoms with E-state index in [4.69, 9.17) is 9.84 Å². The lowest BCUT2D eigenvalue weighted by Crippen LogP contribution is -2.64. The number of carbonyl (C=O) groups is 2. The number of hydrogen-bond donors (Lipinski definition) is 4. The van der Waals surface area contributed by atoms with Gasteiger partial charge in [-0.1, -0.05) is 0 Å². The van der Waals surface area contributed by atoms with E-state index in [0.717, 1.165) is 0 Å². The summed E-state index contributed by atoms with van der Waals surface area (Å²) in [6, 6.07) is -1.00. The van der Waals surface area contributed by atoms with Crippen LogP contribution in [-0.4, -0.2) is 69.6 Å². The number of nitrogens with zero attached hydrogens (tertiary/aromatic N) is 1. The highest BCUT2D eigenvalue weighted by atomic mass is 19.1. The summed E-state index contributed by atoms with van der Waals surface area (Å²) in [4.78, 5) is 23.0. The Hall–Kier alpha value is -1.29. The van der Waals surface area contributed by atoms with Crippen LogP contribution in [0.4, 0.5) is 9.18 Å². The van der Waals surface area contributed by atoms with E-state index in [-0.39, 0.29) is 6.42 Å². The quantitative estimate of drug-likeness (QED) is 0.444. The molecule has 102 valence electrons.